The number of amides is 1. The third-order valence-electron chi connectivity index (χ3n) is 2.67. The fourth-order valence-electron chi connectivity index (χ4n) is 1.81. The summed E-state index contributed by atoms with van der Waals surface area (Å²) in [5.41, 5.74) is 0.721. The second-order valence-electron chi connectivity index (χ2n) is 4.31. The van der Waals surface area contributed by atoms with Crippen molar-refractivity contribution in [1.29, 1.82) is 0 Å². The first kappa shape index (κ1) is 16.1. The quantitative estimate of drug-likeness (QED) is 0.695. The van der Waals surface area contributed by atoms with E-state index >= 15 is 0 Å². The van der Waals surface area contributed by atoms with Crippen LogP contribution in [0.15, 0.2) is 0 Å². The highest BCUT2D eigenvalue weighted by Gasteiger charge is 2.20. The van der Waals surface area contributed by atoms with Gasteiger partial charge in [-0.15, -0.1) is 5.10 Å². The van der Waals surface area contributed by atoms with Gasteiger partial charge in [0.05, 0.1) is 19.4 Å². The third kappa shape index (κ3) is 4.02. The zero-order chi connectivity index (χ0) is 15.1. The van der Waals surface area contributed by atoms with Crippen LogP contribution in [0.2, 0.25) is 0 Å². The number of esters is 1. The topological polar surface area (TPSA) is 95.3 Å². The SMILES string of the molecule is CCc1c(C(=O)OC)nnn1CC(=O)NC(C)COC. The van der Waals surface area contributed by atoms with E-state index < -0.39 is 5.97 Å². The summed E-state index contributed by atoms with van der Waals surface area (Å²) < 4.78 is 11.0. The Balaban J connectivity index is 2.75. The minimum Gasteiger partial charge on any atom is -0.464 e. The van der Waals surface area contributed by atoms with Gasteiger partial charge in [-0.1, -0.05) is 12.1 Å². The summed E-state index contributed by atoms with van der Waals surface area (Å²) in [5.74, 6) is -0.771. The first-order valence-electron chi connectivity index (χ1n) is 6.32. The number of methoxy groups -OCH3 is 2. The number of hydrogen-bond donors (Lipinski definition) is 1. The van der Waals surface area contributed by atoms with Gasteiger partial charge in [0.2, 0.25) is 5.91 Å². The molecule has 1 aromatic heterocycles. The second kappa shape index (κ2) is 7.59. The van der Waals surface area contributed by atoms with Gasteiger partial charge >= 0.3 is 5.97 Å². The molecule has 0 saturated heterocycles. The van der Waals surface area contributed by atoms with Crippen molar-refractivity contribution in [2.75, 3.05) is 20.8 Å². The standard InChI is InChI=1S/C12H20N4O4/c1-5-9-11(12(18)20-4)14-15-16(9)6-10(17)13-8(2)7-19-3/h8H,5-7H2,1-4H3,(H,13,17). The Morgan fingerprint density at radius 3 is 2.65 bits per heavy atom. The van der Waals surface area contributed by atoms with Gasteiger partial charge in [-0.25, -0.2) is 9.48 Å². The largest absolute Gasteiger partial charge is 0.464 e. The van der Waals surface area contributed by atoms with Crippen molar-refractivity contribution in [3.63, 3.8) is 0 Å². The van der Waals surface area contributed by atoms with E-state index in [9.17, 15) is 9.59 Å². The third-order valence-corrected chi connectivity index (χ3v) is 2.67. The van der Waals surface area contributed by atoms with Gasteiger partial charge in [0.15, 0.2) is 5.69 Å². The molecule has 0 radical (unpaired) electrons. The Kier molecular flexibility index (Phi) is 6.10. The number of hydrogen-bond acceptors (Lipinski definition) is 6. The molecule has 1 aromatic rings. The molecule has 0 spiro atoms. The van der Waals surface area contributed by atoms with Crippen molar-refractivity contribution >= 4 is 11.9 Å². The zero-order valence-corrected chi connectivity index (χ0v) is 12.2. The molecular formula is C12H20N4O4. The Bertz CT molecular complexity index is 472. The maximum atomic E-state index is 11.8. The summed E-state index contributed by atoms with van der Waals surface area (Å²) in [5, 5.41) is 10.3. The van der Waals surface area contributed by atoms with Gasteiger partial charge in [-0.2, -0.15) is 0 Å². The van der Waals surface area contributed by atoms with Crippen LogP contribution in [-0.2, 0) is 27.2 Å². The lowest BCUT2D eigenvalue weighted by Gasteiger charge is -2.13. The molecule has 0 bridgehead atoms. The average Bonchev–Trinajstić information content (AvgIpc) is 2.80. The van der Waals surface area contributed by atoms with E-state index in [2.05, 4.69) is 20.4 Å². The van der Waals surface area contributed by atoms with Crippen LogP contribution in [-0.4, -0.2) is 53.7 Å². The molecule has 1 heterocycles. The summed E-state index contributed by atoms with van der Waals surface area (Å²) in [7, 11) is 2.85. The minimum absolute atomic E-state index is 0.00121. The summed E-state index contributed by atoms with van der Waals surface area (Å²) in [6.07, 6.45) is 0.526. The normalized spacial score (nSPS) is 12.0. The van der Waals surface area contributed by atoms with E-state index in [-0.39, 0.29) is 24.2 Å². The average molecular weight is 284 g/mol. The number of rotatable bonds is 7. The molecule has 1 amide bonds. The van der Waals surface area contributed by atoms with Crippen LogP contribution < -0.4 is 5.32 Å². The Hall–Kier alpha value is -1.96. The fourth-order valence-corrected chi connectivity index (χ4v) is 1.81. The van der Waals surface area contributed by atoms with Crippen molar-refractivity contribution in [2.45, 2.75) is 32.9 Å². The fraction of sp³-hybridized carbons (Fsp3) is 0.667. The van der Waals surface area contributed by atoms with E-state index in [4.69, 9.17) is 4.74 Å². The number of ether oxygens (including phenoxy) is 2. The zero-order valence-electron chi connectivity index (χ0n) is 12.2. The van der Waals surface area contributed by atoms with Gasteiger partial charge in [-0.3, -0.25) is 4.79 Å². The molecule has 1 unspecified atom stereocenters. The first-order valence-corrected chi connectivity index (χ1v) is 6.32. The number of aromatic nitrogens is 3. The maximum absolute atomic E-state index is 11.8. The minimum atomic E-state index is -0.554. The van der Waals surface area contributed by atoms with Crippen LogP contribution >= 0.6 is 0 Å². The van der Waals surface area contributed by atoms with Gasteiger partial charge in [-0.05, 0) is 13.3 Å². The van der Waals surface area contributed by atoms with Gasteiger partial charge < -0.3 is 14.8 Å². The smallest absolute Gasteiger partial charge is 0.360 e. The molecule has 1 rings (SSSR count). The van der Waals surface area contributed by atoms with Gasteiger partial charge in [0.1, 0.15) is 6.54 Å². The molecule has 8 nitrogen and oxygen atoms in total. The number of carbonyl (C=O) groups is 2. The van der Waals surface area contributed by atoms with Crippen molar-refractivity contribution < 1.29 is 19.1 Å². The van der Waals surface area contributed by atoms with E-state index in [1.54, 1.807) is 7.11 Å². The lowest BCUT2D eigenvalue weighted by atomic mass is 10.2. The highest BCUT2D eigenvalue weighted by atomic mass is 16.5. The summed E-state index contributed by atoms with van der Waals surface area (Å²) in [4.78, 5) is 23.3. The summed E-state index contributed by atoms with van der Waals surface area (Å²) >= 11 is 0. The van der Waals surface area contributed by atoms with Crippen LogP contribution in [0.4, 0.5) is 0 Å². The Morgan fingerprint density at radius 1 is 1.40 bits per heavy atom. The molecule has 0 aliphatic carbocycles. The highest BCUT2D eigenvalue weighted by Crippen LogP contribution is 2.07. The molecule has 0 aliphatic heterocycles. The monoisotopic (exact) mass is 284 g/mol. The molecule has 1 N–H and O–H groups in total. The van der Waals surface area contributed by atoms with Crippen molar-refractivity contribution in [3.05, 3.63) is 11.4 Å². The van der Waals surface area contributed by atoms with Crippen LogP contribution in [0.25, 0.3) is 0 Å². The van der Waals surface area contributed by atoms with Gasteiger partial charge in [0, 0.05) is 13.2 Å². The predicted molar refractivity (Wildman–Crippen MR) is 70.2 cm³/mol. The maximum Gasteiger partial charge on any atom is 0.360 e. The lowest BCUT2D eigenvalue weighted by Crippen LogP contribution is -2.38. The number of nitrogens with zero attached hydrogens (tertiary/aromatic N) is 3. The lowest BCUT2D eigenvalue weighted by molar-refractivity contribution is -0.122. The van der Waals surface area contributed by atoms with Crippen LogP contribution in [0.5, 0.6) is 0 Å². The Morgan fingerprint density at radius 2 is 2.10 bits per heavy atom. The molecule has 0 aromatic carbocycles. The first-order chi connectivity index (χ1) is 9.53. The Labute approximate surface area is 117 Å². The molecular weight excluding hydrogens is 264 g/mol. The molecule has 20 heavy (non-hydrogen) atoms. The van der Waals surface area contributed by atoms with Crippen LogP contribution in [0.1, 0.15) is 30.0 Å². The number of carbonyl (C=O) groups excluding carboxylic acids is 2. The summed E-state index contributed by atoms with van der Waals surface area (Å²) in [6.45, 7) is 4.12. The van der Waals surface area contributed by atoms with Crippen LogP contribution in [0, 0.1) is 0 Å². The number of nitrogens with one attached hydrogen (secondary N) is 1. The van der Waals surface area contributed by atoms with Crippen molar-refractivity contribution in [3.8, 4) is 0 Å². The van der Waals surface area contributed by atoms with E-state index in [0.29, 0.717) is 18.7 Å². The predicted octanol–water partition coefficient (Wildman–Crippen LogP) is -0.222. The van der Waals surface area contributed by atoms with Crippen LogP contribution in [0.3, 0.4) is 0 Å². The van der Waals surface area contributed by atoms with Crippen molar-refractivity contribution in [1.82, 2.24) is 20.3 Å². The van der Waals surface area contributed by atoms with E-state index in [0.717, 1.165) is 0 Å². The molecule has 1 atom stereocenters. The van der Waals surface area contributed by atoms with E-state index in [1.165, 1.54) is 11.8 Å². The molecule has 0 fully saturated rings. The molecule has 8 heteroatoms. The summed E-state index contributed by atoms with van der Waals surface area (Å²) in [6, 6.07) is -0.0961. The van der Waals surface area contributed by atoms with Gasteiger partial charge in [0.25, 0.3) is 0 Å². The second-order valence-corrected chi connectivity index (χ2v) is 4.31. The molecule has 112 valence electrons. The highest BCUT2D eigenvalue weighted by molar-refractivity contribution is 5.88. The molecule has 0 aliphatic rings. The molecule has 0 saturated carbocycles. The van der Waals surface area contributed by atoms with E-state index in [1.807, 2.05) is 13.8 Å². The van der Waals surface area contributed by atoms with Crippen molar-refractivity contribution in [2.24, 2.45) is 0 Å².